The second-order valence-corrected chi connectivity index (χ2v) is 7.56. The van der Waals surface area contributed by atoms with Gasteiger partial charge in [-0.25, -0.2) is 0 Å². The molecule has 1 unspecified atom stereocenters. The fourth-order valence-electron chi connectivity index (χ4n) is 5.94. The molecule has 0 spiro atoms. The lowest BCUT2D eigenvalue weighted by Gasteiger charge is -2.60. The van der Waals surface area contributed by atoms with Gasteiger partial charge in [0.15, 0.2) is 0 Å². The number of rotatable bonds is 4. The van der Waals surface area contributed by atoms with Gasteiger partial charge < -0.3 is 5.32 Å². The Hall–Kier alpha value is -0.0400. The van der Waals surface area contributed by atoms with Crippen LogP contribution >= 0.6 is 0 Å². The first-order valence-corrected chi connectivity index (χ1v) is 7.86. The van der Waals surface area contributed by atoms with Crippen molar-refractivity contribution in [2.24, 2.45) is 29.1 Å². The van der Waals surface area contributed by atoms with Gasteiger partial charge in [-0.15, -0.1) is 0 Å². The second-order valence-electron chi connectivity index (χ2n) is 7.56. The van der Waals surface area contributed by atoms with E-state index in [0.29, 0.717) is 5.41 Å². The Balaban J connectivity index is 1.84. The van der Waals surface area contributed by atoms with Crippen LogP contribution in [0.15, 0.2) is 0 Å². The van der Waals surface area contributed by atoms with Crippen molar-refractivity contribution >= 4 is 0 Å². The number of hydrogen-bond acceptors (Lipinski definition) is 1. The highest BCUT2D eigenvalue weighted by Crippen LogP contribution is 2.61. The van der Waals surface area contributed by atoms with Gasteiger partial charge in [-0.05, 0) is 74.2 Å². The van der Waals surface area contributed by atoms with Crippen LogP contribution in [-0.2, 0) is 0 Å². The summed E-state index contributed by atoms with van der Waals surface area (Å²) in [6.07, 6.45) is 9.31. The third-order valence-electron chi connectivity index (χ3n) is 5.84. The minimum absolute atomic E-state index is 0.679. The largest absolute Gasteiger partial charge is 0.313 e. The van der Waals surface area contributed by atoms with Crippen molar-refractivity contribution in [2.45, 2.75) is 65.3 Å². The third-order valence-corrected chi connectivity index (χ3v) is 5.84. The minimum Gasteiger partial charge on any atom is -0.313 e. The van der Waals surface area contributed by atoms with Crippen LogP contribution in [0.25, 0.3) is 0 Å². The van der Waals surface area contributed by atoms with E-state index in [1.807, 2.05) is 0 Å². The van der Waals surface area contributed by atoms with Crippen molar-refractivity contribution < 1.29 is 0 Å². The highest BCUT2D eigenvalue weighted by Gasteiger charge is 2.54. The summed E-state index contributed by atoms with van der Waals surface area (Å²) in [5.41, 5.74) is 0.679. The van der Waals surface area contributed by atoms with E-state index in [-0.39, 0.29) is 0 Å². The fraction of sp³-hybridized carbons (Fsp3) is 1.00. The van der Waals surface area contributed by atoms with Crippen molar-refractivity contribution in [1.82, 2.24) is 5.32 Å². The van der Waals surface area contributed by atoms with Gasteiger partial charge in [0.2, 0.25) is 0 Å². The monoisotopic (exact) mass is 235 g/mol. The quantitative estimate of drug-likeness (QED) is 0.781. The zero-order valence-corrected chi connectivity index (χ0v) is 11.8. The van der Waals surface area contributed by atoms with Crippen molar-refractivity contribution in [1.29, 1.82) is 0 Å². The van der Waals surface area contributed by atoms with Gasteiger partial charge in [0.25, 0.3) is 0 Å². The Morgan fingerprint density at radius 1 is 1.00 bits per heavy atom. The summed E-state index contributed by atoms with van der Waals surface area (Å²) in [6, 6.07) is 0.779. The lowest BCUT2D eigenvalue weighted by molar-refractivity contribution is -0.0819. The molecule has 0 heterocycles. The molecule has 4 rings (SSSR count). The van der Waals surface area contributed by atoms with E-state index in [4.69, 9.17) is 0 Å². The minimum atomic E-state index is 0.679. The maximum Gasteiger partial charge on any atom is 0.0147 e. The molecule has 0 aromatic rings. The molecule has 98 valence electrons. The number of hydrogen-bond donors (Lipinski definition) is 1. The molecule has 4 aliphatic carbocycles. The van der Waals surface area contributed by atoms with Crippen molar-refractivity contribution in [2.75, 3.05) is 6.54 Å². The molecule has 4 fully saturated rings. The first-order valence-electron chi connectivity index (χ1n) is 7.86. The SMILES string of the molecule is CCNC(C(C)C)C12CC3CC(CC(C3)C1)C2. The Morgan fingerprint density at radius 3 is 1.82 bits per heavy atom. The van der Waals surface area contributed by atoms with E-state index in [0.717, 1.165) is 36.3 Å². The molecule has 1 atom stereocenters. The molecule has 1 N–H and O–H groups in total. The standard InChI is InChI=1S/C16H29N/c1-4-17-15(11(2)3)16-8-12-5-13(9-16)7-14(6-12)10-16/h11-15,17H,4-10H2,1-3H3. The first-order chi connectivity index (χ1) is 8.13. The van der Waals surface area contributed by atoms with Crippen LogP contribution in [0.3, 0.4) is 0 Å². The molecule has 4 bridgehead atoms. The molecule has 1 nitrogen and oxygen atoms in total. The predicted molar refractivity (Wildman–Crippen MR) is 72.9 cm³/mol. The average Bonchev–Trinajstić information content (AvgIpc) is 2.23. The van der Waals surface area contributed by atoms with Crippen LogP contribution in [-0.4, -0.2) is 12.6 Å². The van der Waals surface area contributed by atoms with E-state index in [1.165, 1.54) is 19.3 Å². The molecule has 17 heavy (non-hydrogen) atoms. The molecular formula is C16H29N. The zero-order chi connectivity index (χ0) is 12.0. The lowest BCUT2D eigenvalue weighted by Crippen LogP contribution is -2.57. The van der Waals surface area contributed by atoms with Crippen LogP contribution in [0.1, 0.15) is 59.3 Å². The van der Waals surface area contributed by atoms with Gasteiger partial charge in [0.05, 0.1) is 0 Å². The smallest absolute Gasteiger partial charge is 0.0147 e. The van der Waals surface area contributed by atoms with Crippen LogP contribution in [0, 0.1) is 29.1 Å². The number of nitrogens with one attached hydrogen (secondary N) is 1. The summed E-state index contributed by atoms with van der Waals surface area (Å²) in [6.45, 7) is 8.26. The van der Waals surface area contributed by atoms with Gasteiger partial charge in [-0.1, -0.05) is 20.8 Å². The van der Waals surface area contributed by atoms with Crippen molar-refractivity contribution in [3.8, 4) is 0 Å². The van der Waals surface area contributed by atoms with Crippen LogP contribution in [0.4, 0.5) is 0 Å². The Bertz CT molecular complexity index is 246. The van der Waals surface area contributed by atoms with Gasteiger partial charge in [0.1, 0.15) is 0 Å². The van der Waals surface area contributed by atoms with Gasteiger partial charge in [0, 0.05) is 6.04 Å². The molecule has 1 heteroatoms. The van der Waals surface area contributed by atoms with E-state index in [2.05, 4.69) is 26.1 Å². The lowest BCUT2D eigenvalue weighted by atomic mass is 9.47. The Labute approximate surface area is 107 Å². The normalized spacial score (nSPS) is 45.5. The van der Waals surface area contributed by atoms with Crippen LogP contribution < -0.4 is 5.32 Å². The maximum atomic E-state index is 3.84. The molecule has 0 radical (unpaired) electrons. The van der Waals surface area contributed by atoms with Crippen LogP contribution in [0.5, 0.6) is 0 Å². The summed E-state index contributed by atoms with van der Waals surface area (Å²) >= 11 is 0. The summed E-state index contributed by atoms with van der Waals surface area (Å²) in [5, 5.41) is 3.84. The Kier molecular flexibility index (Phi) is 3.01. The molecular weight excluding hydrogens is 206 g/mol. The molecule has 4 aliphatic rings. The third kappa shape index (κ3) is 1.95. The highest BCUT2D eigenvalue weighted by molar-refractivity contribution is 5.06. The van der Waals surface area contributed by atoms with E-state index < -0.39 is 0 Å². The molecule has 0 amide bonds. The molecule has 0 saturated heterocycles. The van der Waals surface area contributed by atoms with Crippen LogP contribution in [0.2, 0.25) is 0 Å². The maximum absolute atomic E-state index is 3.84. The first kappa shape index (κ1) is 12.0. The average molecular weight is 235 g/mol. The Morgan fingerprint density at radius 2 is 1.47 bits per heavy atom. The summed E-state index contributed by atoms with van der Waals surface area (Å²) in [5.74, 6) is 4.05. The van der Waals surface area contributed by atoms with Crippen molar-refractivity contribution in [3.05, 3.63) is 0 Å². The predicted octanol–water partition coefficient (Wildman–Crippen LogP) is 3.84. The second kappa shape index (κ2) is 4.26. The molecule has 0 aromatic carbocycles. The topological polar surface area (TPSA) is 12.0 Å². The summed E-state index contributed by atoms with van der Waals surface area (Å²) < 4.78 is 0. The fourth-order valence-corrected chi connectivity index (χ4v) is 5.94. The van der Waals surface area contributed by atoms with E-state index in [9.17, 15) is 0 Å². The van der Waals surface area contributed by atoms with Gasteiger partial charge >= 0.3 is 0 Å². The molecule has 0 aromatic heterocycles. The molecule has 4 saturated carbocycles. The molecule has 0 aliphatic heterocycles. The van der Waals surface area contributed by atoms with Gasteiger partial charge in [-0.2, -0.15) is 0 Å². The van der Waals surface area contributed by atoms with Crippen molar-refractivity contribution in [3.63, 3.8) is 0 Å². The van der Waals surface area contributed by atoms with E-state index >= 15 is 0 Å². The zero-order valence-electron chi connectivity index (χ0n) is 11.8. The van der Waals surface area contributed by atoms with E-state index in [1.54, 1.807) is 19.3 Å². The summed E-state index contributed by atoms with van der Waals surface area (Å²) in [4.78, 5) is 0. The summed E-state index contributed by atoms with van der Waals surface area (Å²) in [7, 11) is 0. The highest BCUT2D eigenvalue weighted by atomic mass is 14.9. The van der Waals surface area contributed by atoms with Gasteiger partial charge in [-0.3, -0.25) is 0 Å².